The van der Waals surface area contributed by atoms with Crippen molar-refractivity contribution in [3.63, 3.8) is 0 Å². The molecule has 6 nitrogen and oxygen atoms in total. The molecule has 2 N–H and O–H groups in total. The van der Waals surface area contributed by atoms with E-state index in [2.05, 4.69) is 22.4 Å². The summed E-state index contributed by atoms with van der Waals surface area (Å²) in [4.78, 5) is 22.9. The van der Waals surface area contributed by atoms with Gasteiger partial charge in [-0.2, -0.15) is 5.10 Å². The maximum absolute atomic E-state index is 12.0. The number of carbonyl (C=O) groups excluding carboxylic acids is 1. The number of rotatable bonds is 7. The first-order valence-electron chi connectivity index (χ1n) is 7.19. The lowest BCUT2D eigenvalue weighted by atomic mass is 10.1. The van der Waals surface area contributed by atoms with Gasteiger partial charge in [0.25, 0.3) is 11.5 Å². The van der Waals surface area contributed by atoms with Crippen LogP contribution in [-0.4, -0.2) is 22.7 Å². The summed E-state index contributed by atoms with van der Waals surface area (Å²) >= 11 is 0. The van der Waals surface area contributed by atoms with E-state index < -0.39 is 0 Å². The largest absolute Gasteiger partial charge is 0.377 e. The third-order valence-electron chi connectivity index (χ3n) is 3.08. The van der Waals surface area contributed by atoms with Gasteiger partial charge in [0.15, 0.2) is 0 Å². The molecule has 0 aliphatic heterocycles. The lowest BCUT2D eigenvalue weighted by Gasteiger charge is -2.10. The number of H-pyrrole nitrogens is 1. The van der Waals surface area contributed by atoms with Crippen molar-refractivity contribution < 1.29 is 9.53 Å². The Morgan fingerprint density at radius 2 is 2.00 bits per heavy atom. The average molecular weight is 301 g/mol. The Morgan fingerprint density at radius 1 is 1.23 bits per heavy atom. The van der Waals surface area contributed by atoms with Crippen molar-refractivity contribution >= 4 is 5.91 Å². The van der Waals surface area contributed by atoms with E-state index in [9.17, 15) is 9.59 Å². The Hall–Kier alpha value is -2.47. The minimum absolute atomic E-state index is 0.180. The molecule has 1 heterocycles. The number of hydrogen-bond donors (Lipinski definition) is 2. The minimum atomic E-state index is -0.338. The second-order valence-corrected chi connectivity index (χ2v) is 4.81. The van der Waals surface area contributed by atoms with Crippen molar-refractivity contribution in [1.29, 1.82) is 0 Å². The van der Waals surface area contributed by atoms with Gasteiger partial charge >= 0.3 is 0 Å². The first kappa shape index (κ1) is 15.9. The van der Waals surface area contributed by atoms with E-state index >= 15 is 0 Å². The quantitative estimate of drug-likeness (QED) is 0.761. The molecule has 0 fully saturated rings. The fourth-order valence-electron chi connectivity index (χ4n) is 1.93. The van der Waals surface area contributed by atoms with E-state index in [0.29, 0.717) is 19.8 Å². The molecule has 1 aromatic heterocycles. The zero-order valence-electron chi connectivity index (χ0n) is 12.5. The Morgan fingerprint density at radius 3 is 2.68 bits per heavy atom. The maximum atomic E-state index is 12.0. The number of hydrogen-bond acceptors (Lipinski definition) is 4. The standard InChI is InChI=1S/C16H19N3O3/c1-2-9-22-11-13-6-4-3-5-12(13)10-17-16(21)14-7-8-15(20)19-18-14/h3-8H,2,9-11H2,1H3,(H,17,21)(H,19,20). The molecule has 2 aromatic rings. The molecule has 0 bridgehead atoms. The topological polar surface area (TPSA) is 84.1 Å². The molecule has 22 heavy (non-hydrogen) atoms. The Kier molecular flexibility index (Phi) is 5.85. The van der Waals surface area contributed by atoms with E-state index in [1.807, 2.05) is 24.3 Å². The van der Waals surface area contributed by atoms with Crippen LogP contribution in [0.4, 0.5) is 0 Å². The number of benzene rings is 1. The monoisotopic (exact) mass is 301 g/mol. The molecule has 6 heteroatoms. The van der Waals surface area contributed by atoms with E-state index in [-0.39, 0.29) is 17.2 Å². The number of aromatic nitrogens is 2. The van der Waals surface area contributed by atoms with Crippen molar-refractivity contribution in [3.05, 3.63) is 63.6 Å². The van der Waals surface area contributed by atoms with Gasteiger partial charge in [0.2, 0.25) is 0 Å². The SMILES string of the molecule is CCCOCc1ccccc1CNC(=O)c1ccc(=O)[nH]n1. The van der Waals surface area contributed by atoms with Crippen LogP contribution in [0.5, 0.6) is 0 Å². The molecule has 2 rings (SSSR count). The third kappa shape index (κ3) is 4.53. The van der Waals surface area contributed by atoms with Crippen molar-refractivity contribution in [1.82, 2.24) is 15.5 Å². The van der Waals surface area contributed by atoms with E-state index in [0.717, 1.165) is 17.5 Å². The fraction of sp³-hybridized carbons (Fsp3) is 0.312. The highest BCUT2D eigenvalue weighted by atomic mass is 16.5. The fourth-order valence-corrected chi connectivity index (χ4v) is 1.93. The van der Waals surface area contributed by atoms with Crippen molar-refractivity contribution in [2.45, 2.75) is 26.5 Å². The van der Waals surface area contributed by atoms with E-state index in [1.165, 1.54) is 12.1 Å². The average Bonchev–Trinajstić information content (AvgIpc) is 2.54. The maximum Gasteiger partial charge on any atom is 0.271 e. The van der Waals surface area contributed by atoms with Crippen LogP contribution in [0.2, 0.25) is 0 Å². The summed E-state index contributed by atoms with van der Waals surface area (Å²) in [5.41, 5.74) is 1.89. The van der Waals surface area contributed by atoms with Gasteiger partial charge < -0.3 is 10.1 Å². The van der Waals surface area contributed by atoms with Gasteiger partial charge in [-0.1, -0.05) is 31.2 Å². The molecular formula is C16H19N3O3. The summed E-state index contributed by atoms with van der Waals surface area (Å²) in [6.07, 6.45) is 0.969. The Bertz CT molecular complexity index is 662. The third-order valence-corrected chi connectivity index (χ3v) is 3.08. The normalized spacial score (nSPS) is 10.4. The van der Waals surface area contributed by atoms with Gasteiger partial charge in [-0.15, -0.1) is 0 Å². The molecule has 0 atom stereocenters. The molecule has 0 aliphatic carbocycles. The van der Waals surface area contributed by atoms with Gasteiger partial charge in [-0.25, -0.2) is 5.10 Å². The summed E-state index contributed by atoms with van der Waals surface area (Å²) < 4.78 is 5.55. The molecule has 0 unspecified atom stereocenters. The van der Waals surface area contributed by atoms with Gasteiger partial charge in [0, 0.05) is 19.2 Å². The van der Waals surface area contributed by atoms with Crippen LogP contribution in [0.1, 0.15) is 35.0 Å². The second-order valence-electron chi connectivity index (χ2n) is 4.81. The number of aromatic amines is 1. The van der Waals surface area contributed by atoms with Crippen LogP contribution in [0.3, 0.4) is 0 Å². The Balaban J connectivity index is 1.97. The van der Waals surface area contributed by atoms with Crippen LogP contribution in [0, 0.1) is 0 Å². The summed E-state index contributed by atoms with van der Waals surface area (Å²) in [5, 5.41) is 8.72. The first-order chi connectivity index (χ1) is 10.7. The van der Waals surface area contributed by atoms with Gasteiger partial charge in [0.05, 0.1) is 6.61 Å². The molecule has 0 saturated heterocycles. The molecule has 0 aliphatic rings. The van der Waals surface area contributed by atoms with Crippen molar-refractivity contribution in [2.24, 2.45) is 0 Å². The first-order valence-corrected chi connectivity index (χ1v) is 7.19. The zero-order chi connectivity index (χ0) is 15.8. The van der Waals surface area contributed by atoms with Crippen LogP contribution < -0.4 is 10.9 Å². The van der Waals surface area contributed by atoms with E-state index in [1.54, 1.807) is 0 Å². The molecule has 116 valence electrons. The number of ether oxygens (including phenoxy) is 1. The molecule has 0 saturated carbocycles. The molecule has 0 spiro atoms. The second kappa shape index (κ2) is 8.09. The predicted octanol–water partition coefficient (Wildman–Crippen LogP) is 1.63. The summed E-state index contributed by atoms with van der Waals surface area (Å²) in [7, 11) is 0. The number of carbonyl (C=O) groups is 1. The number of amides is 1. The van der Waals surface area contributed by atoms with Crippen LogP contribution >= 0.6 is 0 Å². The van der Waals surface area contributed by atoms with Crippen molar-refractivity contribution in [2.75, 3.05) is 6.61 Å². The molecule has 0 radical (unpaired) electrons. The Labute approximate surface area is 128 Å². The molecule has 1 amide bonds. The van der Waals surface area contributed by atoms with Crippen LogP contribution in [0.25, 0.3) is 0 Å². The molecular weight excluding hydrogens is 282 g/mol. The highest BCUT2D eigenvalue weighted by molar-refractivity contribution is 5.91. The van der Waals surface area contributed by atoms with Crippen LogP contribution in [-0.2, 0) is 17.9 Å². The lowest BCUT2D eigenvalue weighted by molar-refractivity contribution is 0.0943. The highest BCUT2D eigenvalue weighted by Crippen LogP contribution is 2.10. The van der Waals surface area contributed by atoms with Crippen LogP contribution in [0.15, 0.2) is 41.2 Å². The van der Waals surface area contributed by atoms with E-state index in [4.69, 9.17) is 4.74 Å². The summed E-state index contributed by atoms with van der Waals surface area (Å²) in [5.74, 6) is -0.333. The predicted molar refractivity (Wildman–Crippen MR) is 82.4 cm³/mol. The number of nitrogens with zero attached hydrogens (tertiary/aromatic N) is 1. The zero-order valence-corrected chi connectivity index (χ0v) is 12.5. The van der Waals surface area contributed by atoms with Gasteiger partial charge in [-0.3, -0.25) is 9.59 Å². The van der Waals surface area contributed by atoms with Gasteiger partial charge in [0.1, 0.15) is 5.69 Å². The molecule has 1 aromatic carbocycles. The lowest BCUT2D eigenvalue weighted by Crippen LogP contribution is -2.25. The summed E-state index contributed by atoms with van der Waals surface area (Å²) in [6.45, 7) is 3.67. The number of nitrogens with one attached hydrogen (secondary N) is 2. The smallest absolute Gasteiger partial charge is 0.271 e. The van der Waals surface area contributed by atoms with Gasteiger partial charge in [-0.05, 0) is 23.6 Å². The minimum Gasteiger partial charge on any atom is -0.377 e. The van der Waals surface area contributed by atoms with Crippen molar-refractivity contribution in [3.8, 4) is 0 Å². The summed E-state index contributed by atoms with van der Waals surface area (Å²) in [6, 6.07) is 10.5. The highest BCUT2D eigenvalue weighted by Gasteiger charge is 2.08.